The molecule has 0 spiro atoms. The number of halogens is 2. The quantitative estimate of drug-likeness (QED) is 0.432. The van der Waals surface area contributed by atoms with Crippen LogP contribution in [0.2, 0.25) is 0 Å². The summed E-state index contributed by atoms with van der Waals surface area (Å²) in [5.41, 5.74) is 1.12. The van der Waals surface area contributed by atoms with Crippen molar-refractivity contribution in [3.63, 3.8) is 0 Å². The van der Waals surface area contributed by atoms with E-state index < -0.39 is 20.5 Å². The predicted molar refractivity (Wildman–Crippen MR) is 120 cm³/mol. The standard InChI is InChI=1S/C23H23F2NO4S2/c1-16(14-20-4-3-13-31-20)26(15-17-5-9-19(30-2)10-6-17)22(27)18-7-11-21(12-8-18)32(28,29)23(24)25/h3-13,16,23H,14-15H2,1-2H3/t16-/m1/s1. The highest BCUT2D eigenvalue weighted by atomic mass is 32.2. The highest BCUT2D eigenvalue weighted by molar-refractivity contribution is 7.91. The van der Waals surface area contributed by atoms with Crippen LogP contribution in [0, 0.1) is 0 Å². The molecule has 5 nitrogen and oxygen atoms in total. The number of amides is 1. The zero-order chi connectivity index (χ0) is 23.3. The summed E-state index contributed by atoms with van der Waals surface area (Å²) in [6, 6.07) is 15.8. The molecule has 2 aromatic carbocycles. The summed E-state index contributed by atoms with van der Waals surface area (Å²) in [5.74, 6) is -3.12. The van der Waals surface area contributed by atoms with E-state index in [9.17, 15) is 22.0 Å². The minimum absolute atomic E-state index is 0.160. The summed E-state index contributed by atoms with van der Waals surface area (Å²) >= 11 is 1.60. The lowest BCUT2D eigenvalue weighted by molar-refractivity contribution is 0.0676. The number of ether oxygens (including phenoxy) is 1. The average molecular weight is 480 g/mol. The molecule has 0 aliphatic heterocycles. The molecule has 0 saturated heterocycles. The Balaban J connectivity index is 1.87. The molecule has 0 saturated carbocycles. The van der Waals surface area contributed by atoms with Crippen LogP contribution in [-0.4, -0.2) is 38.1 Å². The number of hydrogen-bond donors (Lipinski definition) is 0. The molecule has 170 valence electrons. The third kappa shape index (κ3) is 5.52. The molecular weight excluding hydrogens is 456 g/mol. The molecule has 0 radical (unpaired) electrons. The minimum atomic E-state index is -4.71. The maximum atomic E-state index is 13.3. The van der Waals surface area contributed by atoms with E-state index >= 15 is 0 Å². The highest BCUT2D eigenvalue weighted by Crippen LogP contribution is 2.23. The minimum Gasteiger partial charge on any atom is -0.497 e. The maximum Gasteiger partial charge on any atom is 0.341 e. The van der Waals surface area contributed by atoms with Crippen molar-refractivity contribution in [2.75, 3.05) is 7.11 Å². The molecule has 0 bridgehead atoms. The lowest BCUT2D eigenvalue weighted by Gasteiger charge is -2.29. The zero-order valence-corrected chi connectivity index (χ0v) is 19.2. The van der Waals surface area contributed by atoms with E-state index in [2.05, 4.69) is 0 Å². The van der Waals surface area contributed by atoms with E-state index in [0.29, 0.717) is 18.7 Å². The van der Waals surface area contributed by atoms with Gasteiger partial charge in [-0.25, -0.2) is 8.42 Å². The van der Waals surface area contributed by atoms with Crippen LogP contribution in [0.1, 0.15) is 27.7 Å². The second kappa shape index (κ2) is 10.2. The van der Waals surface area contributed by atoms with Gasteiger partial charge in [-0.3, -0.25) is 4.79 Å². The molecule has 0 N–H and O–H groups in total. The van der Waals surface area contributed by atoms with E-state index in [1.807, 2.05) is 48.7 Å². The first-order valence-corrected chi connectivity index (χ1v) is 12.2. The molecule has 9 heteroatoms. The van der Waals surface area contributed by atoms with Crippen molar-refractivity contribution in [3.8, 4) is 5.75 Å². The monoisotopic (exact) mass is 479 g/mol. The Morgan fingerprint density at radius 2 is 1.72 bits per heavy atom. The number of rotatable bonds is 9. The molecule has 1 atom stereocenters. The normalized spacial score (nSPS) is 12.5. The first-order valence-electron chi connectivity index (χ1n) is 9.80. The van der Waals surface area contributed by atoms with Crippen LogP contribution < -0.4 is 4.74 Å². The van der Waals surface area contributed by atoms with Gasteiger partial charge in [0, 0.05) is 29.4 Å². The zero-order valence-electron chi connectivity index (χ0n) is 17.6. The van der Waals surface area contributed by atoms with Gasteiger partial charge in [0.15, 0.2) is 0 Å². The lowest BCUT2D eigenvalue weighted by Crippen LogP contribution is -2.39. The Morgan fingerprint density at radius 1 is 1.06 bits per heavy atom. The Labute approximate surface area is 190 Å². The second-order valence-electron chi connectivity index (χ2n) is 7.24. The van der Waals surface area contributed by atoms with Crippen molar-refractivity contribution in [2.45, 2.75) is 36.6 Å². The van der Waals surface area contributed by atoms with E-state index in [-0.39, 0.29) is 17.5 Å². The summed E-state index contributed by atoms with van der Waals surface area (Å²) < 4.78 is 54.1. The number of alkyl halides is 2. The molecule has 0 aliphatic rings. The molecule has 1 amide bonds. The SMILES string of the molecule is COc1ccc(CN(C(=O)c2ccc(S(=O)(=O)C(F)F)cc2)[C@H](C)Cc2cccs2)cc1. The summed E-state index contributed by atoms with van der Waals surface area (Å²) in [6.07, 6.45) is 0.650. The number of benzene rings is 2. The molecule has 0 fully saturated rings. The number of hydrogen-bond acceptors (Lipinski definition) is 5. The van der Waals surface area contributed by atoms with Crippen molar-refractivity contribution in [1.29, 1.82) is 0 Å². The van der Waals surface area contributed by atoms with E-state index in [0.717, 1.165) is 22.6 Å². The van der Waals surface area contributed by atoms with Crippen molar-refractivity contribution in [2.24, 2.45) is 0 Å². The summed E-state index contributed by atoms with van der Waals surface area (Å²) in [6.45, 7) is 2.27. The lowest BCUT2D eigenvalue weighted by atomic mass is 10.1. The molecule has 32 heavy (non-hydrogen) atoms. The van der Waals surface area contributed by atoms with Crippen LogP contribution in [0.3, 0.4) is 0 Å². The predicted octanol–water partition coefficient (Wildman–Crippen LogP) is 5.03. The molecule has 1 aromatic heterocycles. The van der Waals surface area contributed by atoms with Crippen molar-refractivity contribution < 1.29 is 26.7 Å². The van der Waals surface area contributed by atoms with Crippen molar-refractivity contribution in [1.82, 2.24) is 4.90 Å². The van der Waals surface area contributed by atoms with Gasteiger partial charge in [-0.2, -0.15) is 8.78 Å². The second-order valence-corrected chi connectivity index (χ2v) is 10.2. The molecular formula is C23H23F2NO4S2. The molecule has 1 heterocycles. The Kier molecular flexibility index (Phi) is 7.63. The van der Waals surface area contributed by atoms with Crippen LogP contribution >= 0.6 is 11.3 Å². The first-order chi connectivity index (χ1) is 15.2. The van der Waals surface area contributed by atoms with Crippen LogP contribution in [0.25, 0.3) is 0 Å². The smallest absolute Gasteiger partial charge is 0.341 e. The molecule has 3 aromatic rings. The fourth-order valence-electron chi connectivity index (χ4n) is 3.24. The van der Waals surface area contributed by atoms with Crippen molar-refractivity contribution >= 4 is 27.1 Å². The summed E-state index contributed by atoms with van der Waals surface area (Å²) in [4.78, 5) is 15.6. The topological polar surface area (TPSA) is 63.7 Å². The number of nitrogens with zero attached hydrogens (tertiary/aromatic N) is 1. The van der Waals surface area contributed by atoms with Gasteiger partial charge in [-0.05, 0) is 60.3 Å². The van der Waals surface area contributed by atoms with Gasteiger partial charge in [0.2, 0.25) is 9.84 Å². The van der Waals surface area contributed by atoms with Gasteiger partial charge in [0.25, 0.3) is 5.91 Å². The molecule has 3 rings (SSSR count). The van der Waals surface area contributed by atoms with Gasteiger partial charge < -0.3 is 9.64 Å². The van der Waals surface area contributed by atoms with E-state index in [4.69, 9.17) is 4.74 Å². The number of thiophene rings is 1. The van der Waals surface area contributed by atoms with Gasteiger partial charge in [-0.15, -0.1) is 11.3 Å². The molecule has 0 aliphatic carbocycles. The van der Waals surface area contributed by atoms with Gasteiger partial charge >= 0.3 is 5.76 Å². The Morgan fingerprint density at radius 3 is 2.25 bits per heavy atom. The summed E-state index contributed by atoms with van der Waals surface area (Å²) in [5, 5.41) is 1.97. The Hall–Kier alpha value is -2.78. The van der Waals surface area contributed by atoms with Gasteiger partial charge in [0.05, 0.1) is 12.0 Å². The maximum absolute atomic E-state index is 13.3. The van der Waals surface area contributed by atoms with Gasteiger partial charge in [0.1, 0.15) is 5.75 Å². The van der Waals surface area contributed by atoms with Crippen LogP contribution in [0.4, 0.5) is 8.78 Å². The third-order valence-electron chi connectivity index (χ3n) is 5.05. The number of sulfone groups is 1. The average Bonchev–Trinajstić information content (AvgIpc) is 3.30. The van der Waals surface area contributed by atoms with Crippen LogP contribution in [0.15, 0.2) is 70.9 Å². The van der Waals surface area contributed by atoms with E-state index in [1.165, 1.54) is 12.1 Å². The largest absolute Gasteiger partial charge is 0.497 e. The van der Waals surface area contributed by atoms with E-state index in [1.54, 1.807) is 23.3 Å². The van der Waals surface area contributed by atoms with Crippen LogP contribution in [0.5, 0.6) is 5.75 Å². The number of methoxy groups -OCH3 is 1. The third-order valence-corrected chi connectivity index (χ3v) is 7.34. The highest BCUT2D eigenvalue weighted by Gasteiger charge is 2.27. The van der Waals surface area contributed by atoms with Crippen LogP contribution in [-0.2, 0) is 22.8 Å². The van der Waals surface area contributed by atoms with Gasteiger partial charge in [-0.1, -0.05) is 18.2 Å². The Bertz CT molecular complexity index is 1130. The first kappa shape index (κ1) is 23.9. The van der Waals surface area contributed by atoms with Crippen molar-refractivity contribution in [3.05, 3.63) is 82.0 Å². The number of carbonyl (C=O) groups excluding carboxylic acids is 1. The molecule has 0 unspecified atom stereocenters. The number of carbonyl (C=O) groups is 1. The fraction of sp³-hybridized carbons (Fsp3) is 0.261. The fourth-order valence-corrected chi connectivity index (χ4v) is 4.79. The summed E-state index contributed by atoms with van der Waals surface area (Å²) in [7, 11) is -3.14.